The van der Waals surface area contributed by atoms with E-state index in [1.54, 1.807) is 32.9 Å². The van der Waals surface area contributed by atoms with Crippen LogP contribution in [-0.4, -0.2) is 18.0 Å². The molecule has 5 heteroatoms. The zero-order valence-corrected chi connectivity index (χ0v) is 12.6. The van der Waals surface area contributed by atoms with E-state index in [4.69, 9.17) is 4.74 Å². The van der Waals surface area contributed by atoms with Crippen LogP contribution < -0.4 is 5.32 Å². The lowest BCUT2D eigenvalue weighted by molar-refractivity contribution is -0.150. The van der Waals surface area contributed by atoms with Crippen LogP contribution in [0.2, 0.25) is 0 Å². The first-order valence-corrected chi connectivity index (χ1v) is 6.71. The molecule has 0 saturated carbocycles. The summed E-state index contributed by atoms with van der Waals surface area (Å²) in [4.78, 5) is 23.4. The number of carbonyl (C=O) groups excluding carboxylic acids is 2. The number of hydrogen-bond acceptors (Lipinski definition) is 3. The van der Waals surface area contributed by atoms with Crippen molar-refractivity contribution >= 4 is 11.9 Å². The third-order valence-electron chi connectivity index (χ3n) is 2.80. The molecule has 1 aromatic carbocycles. The molecule has 0 heterocycles. The molecule has 2 atom stereocenters. The van der Waals surface area contributed by atoms with E-state index >= 15 is 0 Å². The summed E-state index contributed by atoms with van der Waals surface area (Å²) in [7, 11) is 0. The van der Waals surface area contributed by atoms with E-state index in [1.165, 1.54) is 25.1 Å². The number of allylic oxidation sites excluding steroid dienone is 1. The van der Waals surface area contributed by atoms with Crippen molar-refractivity contribution in [3.05, 3.63) is 47.3 Å². The highest BCUT2D eigenvalue weighted by atomic mass is 19.1. The zero-order chi connectivity index (χ0) is 16.0. The molecular weight excluding hydrogens is 273 g/mol. The molecule has 0 fully saturated rings. The van der Waals surface area contributed by atoms with Crippen LogP contribution in [0.4, 0.5) is 4.39 Å². The van der Waals surface area contributed by atoms with Crippen molar-refractivity contribution in [2.75, 3.05) is 0 Å². The van der Waals surface area contributed by atoms with Gasteiger partial charge in [0.2, 0.25) is 0 Å². The summed E-state index contributed by atoms with van der Waals surface area (Å²) in [5.41, 5.74) is 1.57. The van der Waals surface area contributed by atoms with Crippen molar-refractivity contribution in [1.29, 1.82) is 0 Å². The van der Waals surface area contributed by atoms with Gasteiger partial charge in [0.25, 0.3) is 5.91 Å². The molecule has 114 valence electrons. The van der Waals surface area contributed by atoms with Gasteiger partial charge in [0.05, 0.1) is 6.04 Å². The lowest BCUT2D eigenvalue weighted by Gasteiger charge is -2.18. The Kier molecular flexibility index (Phi) is 6.09. The summed E-state index contributed by atoms with van der Waals surface area (Å²) in [5, 5.41) is 2.71. The van der Waals surface area contributed by atoms with Crippen LogP contribution in [0.5, 0.6) is 0 Å². The Morgan fingerprint density at radius 3 is 2.29 bits per heavy atom. The summed E-state index contributed by atoms with van der Waals surface area (Å²) in [6, 6.07) is 5.55. The molecule has 1 rings (SSSR count). The van der Waals surface area contributed by atoms with E-state index in [2.05, 4.69) is 5.32 Å². The summed E-state index contributed by atoms with van der Waals surface area (Å²) >= 11 is 0. The Balaban J connectivity index is 2.57. The molecule has 0 aliphatic rings. The predicted molar refractivity (Wildman–Crippen MR) is 77.9 cm³/mol. The summed E-state index contributed by atoms with van der Waals surface area (Å²) in [5.74, 6) is -1.28. The Labute approximate surface area is 124 Å². The first-order chi connectivity index (χ1) is 9.79. The smallest absolute Gasteiger partial charge is 0.331 e. The molecule has 2 unspecified atom stereocenters. The van der Waals surface area contributed by atoms with Gasteiger partial charge in [-0.2, -0.15) is 0 Å². The number of esters is 1. The molecule has 0 saturated heterocycles. The number of nitrogens with one attached hydrogen (secondary N) is 1. The monoisotopic (exact) mass is 293 g/mol. The second kappa shape index (κ2) is 7.57. The van der Waals surface area contributed by atoms with E-state index in [-0.39, 0.29) is 11.9 Å². The molecule has 0 radical (unpaired) electrons. The van der Waals surface area contributed by atoms with Crippen LogP contribution in [-0.2, 0) is 14.3 Å². The minimum atomic E-state index is -0.893. The molecule has 1 aromatic rings. The number of amides is 1. The molecule has 0 aromatic heterocycles. The number of ether oxygens (including phenoxy) is 1. The fourth-order valence-corrected chi connectivity index (χ4v) is 1.66. The van der Waals surface area contributed by atoms with Crippen molar-refractivity contribution in [3.63, 3.8) is 0 Å². The van der Waals surface area contributed by atoms with E-state index in [9.17, 15) is 14.0 Å². The average Bonchev–Trinajstić information content (AvgIpc) is 2.38. The fourth-order valence-electron chi connectivity index (χ4n) is 1.66. The minimum absolute atomic E-state index is 0.303. The van der Waals surface area contributed by atoms with Gasteiger partial charge >= 0.3 is 5.97 Å². The third-order valence-corrected chi connectivity index (χ3v) is 2.80. The van der Waals surface area contributed by atoms with Crippen LogP contribution in [0.3, 0.4) is 0 Å². The van der Waals surface area contributed by atoms with Crippen molar-refractivity contribution in [2.45, 2.75) is 39.8 Å². The Hall–Kier alpha value is -2.17. The Bertz CT molecular complexity index is 533. The first-order valence-electron chi connectivity index (χ1n) is 6.71. The standard InChI is InChI=1S/C16H20FNO3/c1-10(2)9-15(19)21-12(4)16(20)18-11(3)13-5-7-14(17)8-6-13/h5-9,11-12H,1-4H3,(H,18,20). The van der Waals surface area contributed by atoms with Gasteiger partial charge in [0, 0.05) is 6.08 Å². The van der Waals surface area contributed by atoms with Gasteiger partial charge in [0.15, 0.2) is 6.10 Å². The number of rotatable bonds is 5. The summed E-state index contributed by atoms with van der Waals surface area (Å²) in [6.45, 7) is 6.81. The molecule has 4 nitrogen and oxygen atoms in total. The SMILES string of the molecule is CC(C)=CC(=O)OC(C)C(=O)NC(C)c1ccc(F)cc1. The van der Waals surface area contributed by atoms with Gasteiger partial charge in [-0.25, -0.2) is 9.18 Å². The molecule has 0 aliphatic carbocycles. The first kappa shape index (κ1) is 16.9. The normalized spacial score (nSPS) is 13.0. The number of hydrogen-bond donors (Lipinski definition) is 1. The van der Waals surface area contributed by atoms with Crippen LogP contribution in [0, 0.1) is 5.82 Å². The Morgan fingerprint density at radius 2 is 1.76 bits per heavy atom. The van der Waals surface area contributed by atoms with Gasteiger partial charge < -0.3 is 10.1 Å². The van der Waals surface area contributed by atoms with Crippen LogP contribution in [0.15, 0.2) is 35.9 Å². The van der Waals surface area contributed by atoms with Crippen molar-refractivity contribution < 1.29 is 18.7 Å². The maximum absolute atomic E-state index is 12.8. The fraction of sp³-hybridized carbons (Fsp3) is 0.375. The maximum atomic E-state index is 12.8. The molecule has 0 spiro atoms. The lowest BCUT2D eigenvalue weighted by Crippen LogP contribution is -2.37. The highest BCUT2D eigenvalue weighted by Crippen LogP contribution is 2.13. The van der Waals surface area contributed by atoms with Crippen molar-refractivity contribution in [1.82, 2.24) is 5.32 Å². The lowest BCUT2D eigenvalue weighted by atomic mass is 10.1. The zero-order valence-electron chi connectivity index (χ0n) is 12.6. The maximum Gasteiger partial charge on any atom is 0.331 e. The topological polar surface area (TPSA) is 55.4 Å². The van der Waals surface area contributed by atoms with Gasteiger partial charge in [-0.3, -0.25) is 4.79 Å². The largest absolute Gasteiger partial charge is 0.449 e. The van der Waals surface area contributed by atoms with Crippen LogP contribution in [0.25, 0.3) is 0 Å². The molecule has 0 bridgehead atoms. The van der Waals surface area contributed by atoms with Gasteiger partial charge in [-0.05, 0) is 45.4 Å². The number of halogens is 1. The van der Waals surface area contributed by atoms with Gasteiger partial charge in [-0.15, -0.1) is 0 Å². The molecular formula is C16H20FNO3. The molecule has 1 amide bonds. The van der Waals surface area contributed by atoms with Gasteiger partial charge in [-0.1, -0.05) is 17.7 Å². The highest BCUT2D eigenvalue weighted by Gasteiger charge is 2.19. The predicted octanol–water partition coefficient (Wildman–Crippen LogP) is 2.90. The van der Waals surface area contributed by atoms with E-state index in [1.807, 2.05) is 0 Å². The van der Waals surface area contributed by atoms with Crippen LogP contribution in [0.1, 0.15) is 39.3 Å². The third kappa shape index (κ3) is 5.77. The second-order valence-corrected chi connectivity index (χ2v) is 5.08. The molecule has 0 aliphatic heterocycles. The minimum Gasteiger partial charge on any atom is -0.449 e. The number of carbonyl (C=O) groups is 2. The van der Waals surface area contributed by atoms with Gasteiger partial charge in [0.1, 0.15) is 5.82 Å². The summed E-state index contributed by atoms with van der Waals surface area (Å²) < 4.78 is 17.8. The van der Waals surface area contributed by atoms with E-state index in [0.717, 1.165) is 11.1 Å². The molecule has 21 heavy (non-hydrogen) atoms. The average molecular weight is 293 g/mol. The van der Waals surface area contributed by atoms with Crippen LogP contribution >= 0.6 is 0 Å². The molecule has 1 N–H and O–H groups in total. The second-order valence-electron chi connectivity index (χ2n) is 5.08. The van der Waals surface area contributed by atoms with E-state index in [0.29, 0.717) is 0 Å². The quantitative estimate of drug-likeness (QED) is 0.671. The Morgan fingerprint density at radius 1 is 1.19 bits per heavy atom. The van der Waals surface area contributed by atoms with E-state index < -0.39 is 18.0 Å². The number of benzene rings is 1. The van der Waals surface area contributed by atoms with Crippen molar-refractivity contribution in [2.24, 2.45) is 0 Å². The van der Waals surface area contributed by atoms with Crippen molar-refractivity contribution in [3.8, 4) is 0 Å². The highest BCUT2D eigenvalue weighted by molar-refractivity contribution is 5.87. The summed E-state index contributed by atoms with van der Waals surface area (Å²) in [6.07, 6.45) is 0.434.